The minimum atomic E-state index is 0.0546. The van der Waals surface area contributed by atoms with E-state index in [0.717, 1.165) is 31.6 Å². The first-order valence-electron chi connectivity index (χ1n) is 6.10. The van der Waals surface area contributed by atoms with Gasteiger partial charge in [-0.1, -0.05) is 18.2 Å². The van der Waals surface area contributed by atoms with Gasteiger partial charge >= 0.3 is 0 Å². The van der Waals surface area contributed by atoms with Gasteiger partial charge in [-0.3, -0.25) is 0 Å². The van der Waals surface area contributed by atoms with Gasteiger partial charge in [0, 0.05) is 12.5 Å². The van der Waals surface area contributed by atoms with E-state index in [0.29, 0.717) is 6.61 Å². The molecule has 3 heteroatoms. The molecule has 0 spiro atoms. The molecule has 0 saturated heterocycles. The van der Waals surface area contributed by atoms with Crippen LogP contribution < -0.4 is 10.5 Å². The van der Waals surface area contributed by atoms with Crippen LogP contribution in [-0.2, 0) is 4.74 Å². The summed E-state index contributed by atoms with van der Waals surface area (Å²) in [5, 5.41) is 0. The Hall–Kier alpha value is -1.48. The van der Waals surface area contributed by atoms with Crippen LogP contribution in [0.1, 0.15) is 19.3 Å². The predicted molar refractivity (Wildman–Crippen MR) is 67.8 cm³/mol. The van der Waals surface area contributed by atoms with Crippen LogP contribution in [0, 0.1) is 0 Å². The Balaban J connectivity index is 1.73. The molecule has 1 aliphatic heterocycles. The molecule has 0 aromatic heterocycles. The molecule has 92 valence electrons. The highest BCUT2D eigenvalue weighted by Crippen LogP contribution is 2.17. The molecule has 1 atom stereocenters. The molecule has 1 unspecified atom stereocenters. The van der Waals surface area contributed by atoms with Crippen molar-refractivity contribution in [1.82, 2.24) is 0 Å². The molecule has 2 N–H and O–H groups in total. The summed E-state index contributed by atoms with van der Waals surface area (Å²) in [5.74, 6) is 0.897. The molecule has 3 nitrogen and oxygen atoms in total. The monoisotopic (exact) mass is 233 g/mol. The minimum Gasteiger partial charge on any atom is -0.501 e. The topological polar surface area (TPSA) is 44.5 Å². The normalized spacial score (nSPS) is 16.9. The molecular formula is C14H19NO2. The first-order chi connectivity index (χ1) is 8.36. The molecule has 17 heavy (non-hydrogen) atoms. The third kappa shape index (κ3) is 3.79. The van der Waals surface area contributed by atoms with Gasteiger partial charge in [-0.05, 0) is 30.5 Å². The molecular weight excluding hydrogens is 214 g/mol. The largest absolute Gasteiger partial charge is 0.501 e. The van der Waals surface area contributed by atoms with E-state index in [1.54, 1.807) is 0 Å². The molecule has 0 aliphatic carbocycles. The lowest BCUT2D eigenvalue weighted by Gasteiger charge is -2.19. The maximum atomic E-state index is 6.08. The third-order valence-corrected chi connectivity index (χ3v) is 2.88. The van der Waals surface area contributed by atoms with E-state index in [1.807, 2.05) is 36.6 Å². The van der Waals surface area contributed by atoms with E-state index in [1.165, 1.54) is 5.57 Å². The fourth-order valence-corrected chi connectivity index (χ4v) is 1.86. The van der Waals surface area contributed by atoms with Gasteiger partial charge in [0.25, 0.3) is 0 Å². The van der Waals surface area contributed by atoms with E-state index in [4.69, 9.17) is 15.2 Å². The summed E-state index contributed by atoms with van der Waals surface area (Å²) in [5.41, 5.74) is 7.29. The zero-order valence-corrected chi connectivity index (χ0v) is 9.97. The molecule has 0 saturated carbocycles. The van der Waals surface area contributed by atoms with E-state index in [-0.39, 0.29) is 6.04 Å². The van der Waals surface area contributed by atoms with Gasteiger partial charge in [-0.15, -0.1) is 0 Å². The Bertz CT molecular complexity index is 362. The molecule has 0 radical (unpaired) electrons. The number of rotatable bonds is 5. The maximum absolute atomic E-state index is 6.08. The van der Waals surface area contributed by atoms with Crippen LogP contribution in [-0.4, -0.2) is 19.3 Å². The van der Waals surface area contributed by atoms with Crippen molar-refractivity contribution in [3.8, 4) is 5.75 Å². The van der Waals surface area contributed by atoms with Gasteiger partial charge in [-0.2, -0.15) is 0 Å². The van der Waals surface area contributed by atoms with Crippen molar-refractivity contribution in [1.29, 1.82) is 0 Å². The van der Waals surface area contributed by atoms with Crippen molar-refractivity contribution in [2.24, 2.45) is 5.73 Å². The summed E-state index contributed by atoms with van der Waals surface area (Å²) in [6.07, 6.45) is 4.76. The average molecular weight is 233 g/mol. The van der Waals surface area contributed by atoms with Gasteiger partial charge in [0.15, 0.2) is 0 Å². The summed E-state index contributed by atoms with van der Waals surface area (Å²) in [6, 6.07) is 9.87. The number of ether oxygens (including phenoxy) is 2. The van der Waals surface area contributed by atoms with E-state index in [2.05, 4.69) is 0 Å². The van der Waals surface area contributed by atoms with Crippen LogP contribution in [0.15, 0.2) is 42.2 Å². The van der Waals surface area contributed by atoms with Crippen molar-refractivity contribution in [3.05, 3.63) is 42.2 Å². The number of para-hydroxylation sites is 1. The maximum Gasteiger partial charge on any atom is 0.119 e. The molecule has 0 fully saturated rings. The molecule has 1 aliphatic rings. The molecule has 1 aromatic carbocycles. The first-order valence-corrected chi connectivity index (χ1v) is 6.10. The highest BCUT2D eigenvalue weighted by Gasteiger charge is 2.12. The molecule has 1 heterocycles. The average Bonchev–Trinajstić information content (AvgIpc) is 2.41. The van der Waals surface area contributed by atoms with Crippen LogP contribution in [0.4, 0.5) is 0 Å². The van der Waals surface area contributed by atoms with Crippen LogP contribution in [0.5, 0.6) is 5.75 Å². The number of benzene rings is 1. The Labute approximate surface area is 102 Å². The summed E-state index contributed by atoms with van der Waals surface area (Å²) in [6.45, 7) is 1.46. The van der Waals surface area contributed by atoms with Gasteiger partial charge < -0.3 is 15.2 Å². The number of nitrogens with two attached hydrogens (primary N) is 1. The standard InChI is InChI=1S/C14H19NO2/c15-14(12-5-4-9-16-11-12)8-10-17-13-6-2-1-3-7-13/h1-3,6-7,11,14H,4-5,8-10,15H2. The molecule has 0 amide bonds. The highest BCUT2D eigenvalue weighted by molar-refractivity contribution is 5.21. The molecule has 0 bridgehead atoms. The smallest absolute Gasteiger partial charge is 0.119 e. The van der Waals surface area contributed by atoms with Crippen LogP contribution >= 0.6 is 0 Å². The molecule has 1 aromatic rings. The van der Waals surface area contributed by atoms with Gasteiger partial charge in [0.1, 0.15) is 5.75 Å². The van der Waals surface area contributed by atoms with E-state index in [9.17, 15) is 0 Å². The second-order valence-corrected chi connectivity index (χ2v) is 4.22. The van der Waals surface area contributed by atoms with E-state index < -0.39 is 0 Å². The summed E-state index contributed by atoms with van der Waals surface area (Å²) < 4.78 is 10.9. The zero-order valence-electron chi connectivity index (χ0n) is 9.97. The first kappa shape index (κ1) is 12.0. The lowest BCUT2D eigenvalue weighted by molar-refractivity contribution is 0.218. The van der Waals surface area contributed by atoms with Crippen LogP contribution in [0.2, 0.25) is 0 Å². The summed E-state index contributed by atoms with van der Waals surface area (Å²) >= 11 is 0. The number of hydrogen-bond acceptors (Lipinski definition) is 3. The second kappa shape index (κ2) is 6.30. The number of hydrogen-bond donors (Lipinski definition) is 1. The van der Waals surface area contributed by atoms with E-state index >= 15 is 0 Å². The third-order valence-electron chi connectivity index (χ3n) is 2.88. The Morgan fingerprint density at radius 2 is 2.12 bits per heavy atom. The van der Waals surface area contributed by atoms with Crippen molar-refractivity contribution in [3.63, 3.8) is 0 Å². The lowest BCUT2D eigenvalue weighted by atomic mass is 10.0. The van der Waals surface area contributed by atoms with Gasteiger partial charge in [0.05, 0.1) is 19.5 Å². The van der Waals surface area contributed by atoms with Crippen LogP contribution in [0.25, 0.3) is 0 Å². The van der Waals surface area contributed by atoms with Gasteiger partial charge in [-0.25, -0.2) is 0 Å². The quantitative estimate of drug-likeness (QED) is 0.849. The Kier molecular flexibility index (Phi) is 4.45. The summed E-state index contributed by atoms with van der Waals surface area (Å²) in [4.78, 5) is 0. The predicted octanol–water partition coefficient (Wildman–Crippen LogP) is 2.48. The SMILES string of the molecule is NC(CCOc1ccccc1)C1=COCCC1. The fourth-order valence-electron chi connectivity index (χ4n) is 1.86. The zero-order chi connectivity index (χ0) is 11.9. The van der Waals surface area contributed by atoms with Crippen molar-refractivity contribution >= 4 is 0 Å². The summed E-state index contributed by atoms with van der Waals surface area (Å²) in [7, 11) is 0. The van der Waals surface area contributed by atoms with Crippen molar-refractivity contribution < 1.29 is 9.47 Å². The minimum absolute atomic E-state index is 0.0546. The molecule has 2 rings (SSSR count). The fraction of sp³-hybridized carbons (Fsp3) is 0.429. The van der Waals surface area contributed by atoms with Crippen molar-refractivity contribution in [2.45, 2.75) is 25.3 Å². The Morgan fingerprint density at radius 3 is 2.82 bits per heavy atom. The second-order valence-electron chi connectivity index (χ2n) is 4.22. The Morgan fingerprint density at radius 1 is 1.29 bits per heavy atom. The van der Waals surface area contributed by atoms with Crippen LogP contribution in [0.3, 0.4) is 0 Å². The van der Waals surface area contributed by atoms with Crippen molar-refractivity contribution in [2.75, 3.05) is 13.2 Å². The van der Waals surface area contributed by atoms with Gasteiger partial charge in [0.2, 0.25) is 0 Å². The lowest BCUT2D eigenvalue weighted by Crippen LogP contribution is -2.26. The highest BCUT2D eigenvalue weighted by atomic mass is 16.5.